The Balaban J connectivity index is 1.62. The van der Waals surface area contributed by atoms with Crippen molar-refractivity contribution in [2.45, 2.75) is 68.8 Å². The predicted molar refractivity (Wildman–Crippen MR) is 138 cm³/mol. The van der Waals surface area contributed by atoms with Crippen LogP contribution in [0.2, 0.25) is 0 Å². The fourth-order valence-electron chi connectivity index (χ4n) is 4.81. The number of unbranched alkanes of at least 4 members (excludes halogenated alkanes) is 1. The lowest BCUT2D eigenvalue weighted by Crippen LogP contribution is -2.50. The van der Waals surface area contributed by atoms with Crippen LogP contribution in [0.1, 0.15) is 61.6 Å². The van der Waals surface area contributed by atoms with Crippen LogP contribution >= 0.6 is 11.8 Å². The average molecular weight is 500 g/mol. The molecule has 1 fully saturated rings. The largest absolute Gasteiger partial charge is 0.293 e. The fourth-order valence-corrected chi connectivity index (χ4v) is 7.36. The summed E-state index contributed by atoms with van der Waals surface area (Å²) in [5.41, 5.74) is 5.50. The van der Waals surface area contributed by atoms with Gasteiger partial charge in [0.25, 0.3) is 5.82 Å². The lowest BCUT2D eigenvalue weighted by Gasteiger charge is -2.34. The van der Waals surface area contributed by atoms with Crippen LogP contribution in [0.3, 0.4) is 0 Å². The van der Waals surface area contributed by atoms with E-state index in [1.165, 1.54) is 16.8 Å². The number of aromatic nitrogens is 1. The summed E-state index contributed by atoms with van der Waals surface area (Å²) in [5, 5.41) is 10.2. The molecule has 0 atom stereocenters. The molecule has 3 heterocycles. The van der Waals surface area contributed by atoms with Gasteiger partial charge in [-0.3, -0.25) is 4.90 Å². The molecule has 6 nitrogen and oxygen atoms in total. The summed E-state index contributed by atoms with van der Waals surface area (Å²) < 4.78 is 28.0. The molecule has 1 saturated heterocycles. The van der Waals surface area contributed by atoms with Gasteiger partial charge in [-0.1, -0.05) is 44.9 Å². The second-order valence-corrected chi connectivity index (χ2v) is 13.5. The Morgan fingerprint density at radius 2 is 1.79 bits per heavy atom. The van der Waals surface area contributed by atoms with Gasteiger partial charge in [0.2, 0.25) is 10.0 Å². The molecule has 182 valence electrons. The number of rotatable bonds is 6. The number of H-pyrrole nitrogens is 1. The molecule has 0 radical (unpaired) electrons. The van der Waals surface area contributed by atoms with Gasteiger partial charge in [0.05, 0.1) is 31.1 Å². The zero-order valence-corrected chi connectivity index (χ0v) is 22.3. The Kier molecular flexibility index (Phi) is 7.28. The molecule has 0 amide bonds. The first-order chi connectivity index (χ1) is 16.2. The highest BCUT2D eigenvalue weighted by Gasteiger charge is 2.37. The molecule has 2 aliphatic rings. The Hall–Kier alpha value is -2.08. The van der Waals surface area contributed by atoms with Crippen LogP contribution in [-0.4, -0.2) is 43.6 Å². The zero-order chi connectivity index (χ0) is 24.5. The summed E-state index contributed by atoms with van der Waals surface area (Å²) in [6, 6.07) is 9.54. The van der Waals surface area contributed by atoms with E-state index in [-0.39, 0.29) is 4.75 Å². The van der Waals surface area contributed by atoms with E-state index in [1.54, 1.807) is 16.4 Å². The number of thioether (sulfide) groups is 1. The third-order valence-electron chi connectivity index (χ3n) is 6.85. The highest BCUT2D eigenvalue weighted by Crippen LogP contribution is 2.41. The number of nitrogens with one attached hydrogen (secondary N) is 1. The molecule has 0 saturated carbocycles. The molecule has 0 unspecified atom stereocenters. The molecule has 0 aliphatic carbocycles. The first kappa shape index (κ1) is 25.0. The van der Waals surface area contributed by atoms with Gasteiger partial charge in [0, 0.05) is 22.5 Å². The molecule has 2 aromatic rings. The molecule has 34 heavy (non-hydrogen) atoms. The Morgan fingerprint density at radius 3 is 2.41 bits per heavy atom. The maximum atomic E-state index is 13.1. The highest BCUT2D eigenvalue weighted by atomic mass is 32.2. The fraction of sp³-hybridized carbons (Fsp3) is 0.538. The number of nitrogens with zero attached hydrogens (tertiary/aromatic N) is 3. The van der Waals surface area contributed by atoms with Gasteiger partial charge in [-0.25, -0.2) is 13.4 Å². The number of sulfonamides is 1. The monoisotopic (exact) mass is 499 g/mol. The van der Waals surface area contributed by atoms with Crippen LogP contribution in [0.4, 0.5) is 5.82 Å². The summed E-state index contributed by atoms with van der Waals surface area (Å²) >= 11 is 1.96. The minimum Gasteiger partial charge on any atom is -0.258 e. The molecule has 1 aromatic carbocycles. The lowest BCUT2D eigenvalue weighted by molar-refractivity contribution is -0.378. The standard InChI is InChI=1S/C26H34N4O2S2/c1-5-6-7-24-23-18-33-26(3,4)16-21(23)22(17-27)25(28-24)29-12-14-30(15-13-29)34(31,32)20-10-8-19(2)9-11-20/h8-11H,5-7,12-16,18H2,1-4H3/p+1. The van der Waals surface area contributed by atoms with Gasteiger partial charge in [0.15, 0.2) is 0 Å². The first-order valence-electron chi connectivity index (χ1n) is 12.1. The number of hydrogen-bond donors (Lipinski definition) is 0. The van der Waals surface area contributed by atoms with E-state index in [4.69, 9.17) is 0 Å². The molecule has 0 spiro atoms. The van der Waals surface area contributed by atoms with Crippen LogP contribution in [0, 0.1) is 18.3 Å². The van der Waals surface area contributed by atoms with Crippen molar-refractivity contribution >= 4 is 27.6 Å². The molecule has 0 bridgehead atoms. The highest BCUT2D eigenvalue weighted by molar-refractivity contribution is 7.99. The number of fused-ring (bicyclic) bond motifs is 1. The third-order valence-corrected chi connectivity index (χ3v) is 10.1. The number of hydrogen-bond acceptors (Lipinski definition) is 5. The van der Waals surface area contributed by atoms with E-state index in [1.807, 2.05) is 30.8 Å². The molecule has 8 heteroatoms. The maximum Gasteiger partial charge on any atom is 0.293 e. The number of aromatic amines is 1. The minimum atomic E-state index is -3.52. The van der Waals surface area contributed by atoms with Crippen molar-refractivity contribution in [2.75, 3.05) is 31.1 Å². The van der Waals surface area contributed by atoms with E-state index in [0.717, 1.165) is 48.4 Å². The van der Waals surface area contributed by atoms with E-state index < -0.39 is 10.0 Å². The summed E-state index contributed by atoms with van der Waals surface area (Å²) in [4.78, 5) is 6.15. The summed E-state index contributed by atoms with van der Waals surface area (Å²) in [5.74, 6) is 1.79. The number of benzene rings is 1. The van der Waals surface area contributed by atoms with Crippen LogP contribution in [-0.2, 0) is 28.6 Å². The minimum absolute atomic E-state index is 0.0973. The normalized spacial score (nSPS) is 18.4. The van der Waals surface area contributed by atoms with Crippen LogP contribution in [0.25, 0.3) is 0 Å². The SMILES string of the molecule is CCCCc1[nH+]c(N2CCN(S(=O)(=O)c3ccc(C)cc3)CC2)c(C#N)c2c1CSC(C)(C)C2. The third kappa shape index (κ3) is 4.98. The van der Waals surface area contributed by atoms with E-state index in [2.05, 4.69) is 36.7 Å². The van der Waals surface area contributed by atoms with Gasteiger partial charge in [-0.2, -0.15) is 21.3 Å². The van der Waals surface area contributed by atoms with Gasteiger partial charge < -0.3 is 0 Å². The Labute approximate surface area is 208 Å². The van der Waals surface area contributed by atoms with Gasteiger partial charge in [-0.15, -0.1) is 0 Å². The van der Waals surface area contributed by atoms with Gasteiger partial charge >= 0.3 is 0 Å². The number of nitriles is 1. The molecule has 2 aliphatic heterocycles. The van der Waals surface area contributed by atoms with Crippen molar-refractivity contribution in [3.8, 4) is 6.07 Å². The number of aryl methyl sites for hydroxylation is 2. The number of piperazine rings is 1. The topological polar surface area (TPSA) is 78.6 Å². The summed E-state index contributed by atoms with van der Waals surface area (Å²) in [6.45, 7) is 10.6. The molecule has 4 rings (SSSR count). The lowest BCUT2D eigenvalue weighted by atomic mass is 9.91. The molecular weight excluding hydrogens is 464 g/mol. The van der Waals surface area contributed by atoms with Crippen molar-refractivity contribution in [1.29, 1.82) is 5.26 Å². The average Bonchev–Trinajstić information content (AvgIpc) is 2.81. The van der Waals surface area contributed by atoms with Gasteiger partial charge in [0.1, 0.15) is 17.3 Å². The van der Waals surface area contributed by atoms with Crippen molar-refractivity contribution in [3.05, 3.63) is 52.2 Å². The van der Waals surface area contributed by atoms with E-state index in [0.29, 0.717) is 31.1 Å². The maximum absolute atomic E-state index is 13.1. The van der Waals surface area contributed by atoms with Crippen molar-refractivity contribution in [3.63, 3.8) is 0 Å². The summed E-state index contributed by atoms with van der Waals surface area (Å²) in [7, 11) is -3.52. The second-order valence-electron chi connectivity index (χ2n) is 9.93. The molecular formula is C26H35N4O2S2+. The Bertz CT molecular complexity index is 1190. The molecule has 1 N–H and O–H groups in total. The van der Waals surface area contributed by atoms with Crippen molar-refractivity contribution in [1.82, 2.24) is 4.31 Å². The second kappa shape index (κ2) is 9.88. The Morgan fingerprint density at radius 1 is 1.12 bits per heavy atom. The zero-order valence-electron chi connectivity index (χ0n) is 20.6. The van der Waals surface area contributed by atoms with E-state index >= 15 is 0 Å². The first-order valence-corrected chi connectivity index (χ1v) is 14.5. The van der Waals surface area contributed by atoms with Crippen LogP contribution in [0.15, 0.2) is 29.2 Å². The predicted octanol–water partition coefficient (Wildman–Crippen LogP) is 4.10. The number of anilines is 1. The molecule has 1 aromatic heterocycles. The number of pyridine rings is 1. The van der Waals surface area contributed by atoms with Gasteiger partial charge in [-0.05, 0) is 37.5 Å². The summed E-state index contributed by atoms with van der Waals surface area (Å²) in [6.07, 6.45) is 4.07. The smallest absolute Gasteiger partial charge is 0.258 e. The van der Waals surface area contributed by atoms with Crippen molar-refractivity contribution in [2.24, 2.45) is 0 Å². The quantitative estimate of drug-likeness (QED) is 0.598. The van der Waals surface area contributed by atoms with Crippen molar-refractivity contribution < 1.29 is 13.4 Å². The van der Waals surface area contributed by atoms with E-state index in [9.17, 15) is 13.7 Å². The van der Waals surface area contributed by atoms with Crippen LogP contribution in [0.5, 0.6) is 0 Å². The van der Waals surface area contributed by atoms with Crippen LogP contribution < -0.4 is 9.88 Å².